The summed E-state index contributed by atoms with van der Waals surface area (Å²) in [4.78, 5) is 11.0. The third-order valence-corrected chi connectivity index (χ3v) is 2.87. The lowest BCUT2D eigenvalue weighted by Gasteiger charge is -2.14. The molecule has 1 aromatic carbocycles. The predicted molar refractivity (Wildman–Crippen MR) is 64.1 cm³/mol. The summed E-state index contributed by atoms with van der Waals surface area (Å²) in [6.07, 6.45) is 2.15. The predicted octanol–water partition coefficient (Wildman–Crippen LogP) is 1.94. The first-order chi connectivity index (χ1) is 9.06. The number of halogens is 2. The standard InChI is InChI=1S/C13H15F2NO3/c14-8-1-4-10(15)12(7-8)19-6-5-11(13(17)18)16-9-2-3-9/h1,4,7,9,11,16H,2-3,5-6H2,(H,17,18). The number of ether oxygens (including phenoxy) is 1. The van der Waals surface area contributed by atoms with E-state index in [-0.39, 0.29) is 24.8 Å². The van der Waals surface area contributed by atoms with Crippen molar-refractivity contribution in [3.05, 3.63) is 29.8 Å². The zero-order valence-electron chi connectivity index (χ0n) is 10.2. The van der Waals surface area contributed by atoms with E-state index in [2.05, 4.69) is 5.32 Å². The summed E-state index contributed by atoms with van der Waals surface area (Å²) in [5.74, 6) is -2.42. The van der Waals surface area contributed by atoms with Crippen LogP contribution in [0.5, 0.6) is 5.75 Å². The Labute approximate surface area is 109 Å². The smallest absolute Gasteiger partial charge is 0.320 e. The van der Waals surface area contributed by atoms with Crippen LogP contribution in [-0.4, -0.2) is 29.8 Å². The summed E-state index contributed by atoms with van der Waals surface area (Å²) < 4.78 is 31.2. The van der Waals surface area contributed by atoms with Crippen LogP contribution in [0, 0.1) is 11.6 Å². The summed E-state index contributed by atoms with van der Waals surface area (Å²) in [7, 11) is 0. The molecule has 6 heteroatoms. The monoisotopic (exact) mass is 271 g/mol. The summed E-state index contributed by atoms with van der Waals surface area (Å²) >= 11 is 0. The Balaban J connectivity index is 1.83. The van der Waals surface area contributed by atoms with E-state index in [0.29, 0.717) is 0 Å². The summed E-state index contributed by atoms with van der Waals surface area (Å²) in [5, 5.41) is 11.9. The van der Waals surface area contributed by atoms with Crippen LogP contribution < -0.4 is 10.1 Å². The molecule has 2 N–H and O–H groups in total. The number of nitrogens with one attached hydrogen (secondary N) is 1. The topological polar surface area (TPSA) is 58.6 Å². The number of aliphatic carboxylic acids is 1. The Kier molecular flexibility index (Phi) is 4.31. The van der Waals surface area contributed by atoms with Gasteiger partial charge in [-0.05, 0) is 25.0 Å². The number of carbonyl (C=O) groups is 1. The van der Waals surface area contributed by atoms with E-state index >= 15 is 0 Å². The highest BCUT2D eigenvalue weighted by Crippen LogP contribution is 2.21. The van der Waals surface area contributed by atoms with Crippen molar-refractivity contribution in [2.45, 2.75) is 31.3 Å². The molecule has 1 aliphatic carbocycles. The van der Waals surface area contributed by atoms with Crippen LogP contribution in [0.25, 0.3) is 0 Å². The highest BCUT2D eigenvalue weighted by molar-refractivity contribution is 5.73. The maximum atomic E-state index is 13.2. The molecule has 1 fully saturated rings. The summed E-state index contributed by atoms with van der Waals surface area (Å²) in [6.45, 7) is 0.0110. The molecule has 19 heavy (non-hydrogen) atoms. The van der Waals surface area contributed by atoms with Gasteiger partial charge in [0, 0.05) is 18.5 Å². The summed E-state index contributed by atoms with van der Waals surface area (Å²) in [5.41, 5.74) is 0. The lowest BCUT2D eigenvalue weighted by Crippen LogP contribution is -2.39. The van der Waals surface area contributed by atoms with Gasteiger partial charge >= 0.3 is 5.97 Å². The lowest BCUT2D eigenvalue weighted by atomic mass is 10.2. The Bertz CT molecular complexity index is 463. The molecule has 1 unspecified atom stereocenters. The van der Waals surface area contributed by atoms with Gasteiger partial charge in [0.15, 0.2) is 11.6 Å². The second kappa shape index (κ2) is 5.97. The minimum Gasteiger partial charge on any atom is -0.490 e. The first-order valence-corrected chi connectivity index (χ1v) is 6.13. The fourth-order valence-corrected chi connectivity index (χ4v) is 1.69. The van der Waals surface area contributed by atoms with Crippen molar-refractivity contribution in [1.82, 2.24) is 5.32 Å². The molecule has 0 saturated heterocycles. The largest absolute Gasteiger partial charge is 0.490 e. The van der Waals surface area contributed by atoms with Crippen molar-refractivity contribution < 1.29 is 23.4 Å². The number of rotatable bonds is 7. The highest BCUT2D eigenvalue weighted by Gasteiger charge is 2.28. The lowest BCUT2D eigenvalue weighted by molar-refractivity contribution is -0.139. The number of benzene rings is 1. The zero-order valence-corrected chi connectivity index (χ0v) is 10.2. The normalized spacial score (nSPS) is 16.1. The van der Waals surface area contributed by atoms with Crippen LogP contribution in [-0.2, 0) is 4.79 Å². The van der Waals surface area contributed by atoms with Crippen molar-refractivity contribution in [3.8, 4) is 5.75 Å². The van der Waals surface area contributed by atoms with Crippen LogP contribution >= 0.6 is 0 Å². The molecule has 1 saturated carbocycles. The molecule has 0 bridgehead atoms. The van der Waals surface area contributed by atoms with Gasteiger partial charge in [-0.2, -0.15) is 0 Å². The molecule has 1 aliphatic rings. The number of hydrogen-bond acceptors (Lipinski definition) is 3. The quantitative estimate of drug-likeness (QED) is 0.795. The summed E-state index contributed by atoms with van der Waals surface area (Å²) in [6, 6.07) is 2.45. The first kappa shape index (κ1) is 13.7. The second-order valence-electron chi connectivity index (χ2n) is 4.54. The van der Waals surface area contributed by atoms with Crippen LogP contribution in [0.1, 0.15) is 19.3 Å². The maximum absolute atomic E-state index is 13.2. The molecule has 0 aromatic heterocycles. The molecule has 0 heterocycles. The number of carboxylic acids is 1. The molecule has 2 rings (SSSR count). The van der Waals surface area contributed by atoms with Crippen molar-refractivity contribution in [2.75, 3.05) is 6.61 Å². The Morgan fingerprint density at radius 3 is 2.84 bits per heavy atom. The minimum atomic E-state index is -0.963. The van der Waals surface area contributed by atoms with E-state index in [1.54, 1.807) is 0 Å². The van der Waals surface area contributed by atoms with E-state index in [9.17, 15) is 13.6 Å². The van der Waals surface area contributed by atoms with Crippen molar-refractivity contribution in [2.24, 2.45) is 0 Å². The maximum Gasteiger partial charge on any atom is 0.320 e. The molecule has 4 nitrogen and oxygen atoms in total. The van der Waals surface area contributed by atoms with Gasteiger partial charge in [0.05, 0.1) is 6.61 Å². The van der Waals surface area contributed by atoms with Gasteiger partial charge in [-0.25, -0.2) is 8.78 Å². The van der Waals surface area contributed by atoms with E-state index < -0.39 is 23.6 Å². The van der Waals surface area contributed by atoms with E-state index in [0.717, 1.165) is 31.0 Å². The van der Waals surface area contributed by atoms with Crippen molar-refractivity contribution in [1.29, 1.82) is 0 Å². The minimum absolute atomic E-state index is 0.0110. The molecule has 0 aliphatic heterocycles. The third-order valence-electron chi connectivity index (χ3n) is 2.87. The molecule has 104 valence electrons. The molecular weight excluding hydrogens is 256 g/mol. The van der Waals surface area contributed by atoms with Crippen molar-refractivity contribution in [3.63, 3.8) is 0 Å². The van der Waals surface area contributed by atoms with E-state index in [1.165, 1.54) is 0 Å². The van der Waals surface area contributed by atoms with Crippen LogP contribution in [0.2, 0.25) is 0 Å². The third kappa shape index (κ3) is 4.17. The zero-order chi connectivity index (χ0) is 13.8. The molecular formula is C13H15F2NO3. The average Bonchev–Trinajstić information content (AvgIpc) is 3.16. The first-order valence-electron chi connectivity index (χ1n) is 6.13. The molecule has 0 spiro atoms. The van der Waals surface area contributed by atoms with Crippen LogP contribution in [0.3, 0.4) is 0 Å². The average molecular weight is 271 g/mol. The van der Waals surface area contributed by atoms with Gasteiger partial charge in [0.1, 0.15) is 11.9 Å². The van der Waals surface area contributed by atoms with Gasteiger partial charge in [-0.15, -0.1) is 0 Å². The van der Waals surface area contributed by atoms with E-state index in [4.69, 9.17) is 9.84 Å². The Hall–Kier alpha value is -1.69. The molecule has 1 aromatic rings. The van der Waals surface area contributed by atoms with Gasteiger partial charge in [-0.3, -0.25) is 4.79 Å². The van der Waals surface area contributed by atoms with Gasteiger partial charge < -0.3 is 15.2 Å². The molecule has 1 atom stereocenters. The SMILES string of the molecule is O=C(O)C(CCOc1cc(F)ccc1F)NC1CC1. The van der Waals surface area contributed by atoms with Crippen molar-refractivity contribution >= 4 is 5.97 Å². The van der Waals surface area contributed by atoms with Gasteiger partial charge in [-0.1, -0.05) is 0 Å². The Morgan fingerprint density at radius 2 is 2.21 bits per heavy atom. The Morgan fingerprint density at radius 1 is 1.47 bits per heavy atom. The van der Waals surface area contributed by atoms with Gasteiger partial charge in [0.25, 0.3) is 0 Å². The van der Waals surface area contributed by atoms with Gasteiger partial charge in [0.2, 0.25) is 0 Å². The fourth-order valence-electron chi connectivity index (χ4n) is 1.69. The second-order valence-corrected chi connectivity index (χ2v) is 4.54. The molecule has 0 amide bonds. The number of carboxylic acid groups (broad SMARTS) is 1. The fraction of sp³-hybridized carbons (Fsp3) is 0.462. The van der Waals surface area contributed by atoms with Crippen LogP contribution in [0.4, 0.5) is 8.78 Å². The highest BCUT2D eigenvalue weighted by atomic mass is 19.1. The van der Waals surface area contributed by atoms with E-state index in [1.807, 2.05) is 0 Å². The number of hydrogen-bond donors (Lipinski definition) is 2. The molecule has 0 radical (unpaired) electrons. The van der Waals surface area contributed by atoms with Crippen LogP contribution in [0.15, 0.2) is 18.2 Å².